The summed E-state index contributed by atoms with van der Waals surface area (Å²) in [5, 5.41) is 5.71. The van der Waals surface area contributed by atoms with Gasteiger partial charge in [-0.15, -0.1) is 0 Å². The number of carbonyl (C=O) groups is 3. The number of nitrogens with zero attached hydrogens (tertiary/aromatic N) is 3. The number of nitrogens with one attached hydrogen (secondary N) is 2. The Morgan fingerprint density at radius 2 is 1.83 bits per heavy atom. The zero-order chi connectivity index (χ0) is 21.7. The molecule has 1 aliphatic rings. The lowest BCUT2D eigenvalue weighted by molar-refractivity contribution is -0.135. The fourth-order valence-electron chi connectivity index (χ4n) is 4.00. The summed E-state index contributed by atoms with van der Waals surface area (Å²) in [5.74, 6) is -0.669. The zero-order valence-electron chi connectivity index (χ0n) is 17.7. The van der Waals surface area contributed by atoms with Crippen LogP contribution < -0.4 is 10.6 Å². The van der Waals surface area contributed by atoms with Gasteiger partial charge in [0.1, 0.15) is 12.1 Å². The van der Waals surface area contributed by atoms with Gasteiger partial charge in [0.15, 0.2) is 0 Å². The third kappa shape index (κ3) is 4.37. The van der Waals surface area contributed by atoms with Gasteiger partial charge < -0.3 is 15.2 Å². The third-order valence-electron chi connectivity index (χ3n) is 5.47. The van der Waals surface area contributed by atoms with E-state index >= 15 is 0 Å². The lowest BCUT2D eigenvalue weighted by atomic mass is 9.88. The number of imide groups is 1. The number of rotatable bonds is 9. The molecule has 0 saturated carbocycles. The maximum absolute atomic E-state index is 12.9. The summed E-state index contributed by atoms with van der Waals surface area (Å²) in [6.07, 6.45) is 7.98. The summed E-state index contributed by atoms with van der Waals surface area (Å²) in [6, 6.07) is 7.01. The van der Waals surface area contributed by atoms with Gasteiger partial charge in [0.05, 0.1) is 12.4 Å². The van der Waals surface area contributed by atoms with E-state index in [2.05, 4.69) is 15.6 Å². The second-order valence-corrected chi connectivity index (χ2v) is 7.75. The molecule has 1 fully saturated rings. The molecule has 2 heterocycles. The monoisotopic (exact) mass is 411 g/mol. The Morgan fingerprint density at radius 1 is 1.17 bits per heavy atom. The van der Waals surface area contributed by atoms with Gasteiger partial charge in [0.2, 0.25) is 5.91 Å². The fraction of sp³-hybridized carbons (Fsp3) is 0.455. The number of hydrogen-bond donors (Lipinski definition) is 2. The van der Waals surface area contributed by atoms with Crippen molar-refractivity contribution in [2.45, 2.75) is 58.0 Å². The molecule has 2 N–H and O–H groups in total. The highest BCUT2D eigenvalue weighted by Crippen LogP contribution is 2.28. The minimum absolute atomic E-state index is 0.258. The molecule has 1 aromatic carbocycles. The van der Waals surface area contributed by atoms with Gasteiger partial charge in [-0.25, -0.2) is 9.78 Å². The summed E-state index contributed by atoms with van der Waals surface area (Å²) in [7, 11) is 0. The molecule has 1 unspecified atom stereocenters. The standard InChI is InChI=1S/C22H29N5O3/c1-4-10-22(11-5-2)20(29)27(21(30)25-22)14-19(28)24-16(3)17-6-8-18(9-7-17)26-13-12-23-15-26/h6-9,12-13,15-16H,4-5,10-11,14H2,1-3H3,(H,24,28)(H,25,30). The first kappa shape index (κ1) is 21.5. The Morgan fingerprint density at radius 3 is 2.40 bits per heavy atom. The molecule has 8 nitrogen and oxygen atoms in total. The number of carbonyl (C=O) groups excluding carboxylic acids is 3. The molecule has 0 aliphatic carbocycles. The van der Waals surface area contributed by atoms with Gasteiger partial charge in [0.25, 0.3) is 5.91 Å². The van der Waals surface area contributed by atoms with Gasteiger partial charge in [-0.3, -0.25) is 14.5 Å². The molecular formula is C22H29N5O3. The van der Waals surface area contributed by atoms with Crippen molar-refractivity contribution >= 4 is 17.8 Å². The van der Waals surface area contributed by atoms with E-state index in [1.54, 1.807) is 12.5 Å². The van der Waals surface area contributed by atoms with Crippen LogP contribution in [0, 0.1) is 0 Å². The van der Waals surface area contributed by atoms with Crippen LogP contribution in [0.5, 0.6) is 0 Å². The summed E-state index contributed by atoms with van der Waals surface area (Å²) in [5.41, 5.74) is 1.02. The number of imidazole rings is 1. The highest BCUT2D eigenvalue weighted by molar-refractivity contribution is 6.09. The number of benzene rings is 1. The Bertz CT molecular complexity index is 886. The molecule has 0 radical (unpaired) electrons. The van der Waals surface area contributed by atoms with Crippen LogP contribution in [0.1, 0.15) is 58.1 Å². The lowest BCUT2D eigenvalue weighted by Crippen LogP contribution is -2.47. The van der Waals surface area contributed by atoms with Crippen molar-refractivity contribution in [2.24, 2.45) is 0 Å². The van der Waals surface area contributed by atoms with E-state index in [4.69, 9.17) is 0 Å². The van der Waals surface area contributed by atoms with Crippen molar-refractivity contribution in [1.82, 2.24) is 25.1 Å². The molecule has 8 heteroatoms. The molecule has 1 saturated heterocycles. The molecule has 1 atom stereocenters. The summed E-state index contributed by atoms with van der Waals surface area (Å²) in [4.78, 5) is 42.9. The van der Waals surface area contributed by atoms with E-state index in [1.165, 1.54) is 0 Å². The predicted molar refractivity (Wildman–Crippen MR) is 113 cm³/mol. The molecule has 2 aromatic rings. The van der Waals surface area contributed by atoms with Crippen molar-refractivity contribution < 1.29 is 14.4 Å². The number of hydrogen-bond acceptors (Lipinski definition) is 4. The predicted octanol–water partition coefficient (Wildman–Crippen LogP) is 2.94. The molecule has 0 bridgehead atoms. The van der Waals surface area contributed by atoms with Crippen molar-refractivity contribution in [3.05, 3.63) is 48.5 Å². The summed E-state index contributed by atoms with van der Waals surface area (Å²) < 4.78 is 1.89. The van der Waals surface area contributed by atoms with Crippen LogP contribution in [0.15, 0.2) is 43.0 Å². The average molecular weight is 412 g/mol. The molecule has 30 heavy (non-hydrogen) atoms. The van der Waals surface area contributed by atoms with E-state index in [0.29, 0.717) is 12.8 Å². The van der Waals surface area contributed by atoms with Crippen LogP contribution in [-0.2, 0) is 9.59 Å². The van der Waals surface area contributed by atoms with Gasteiger partial charge >= 0.3 is 6.03 Å². The maximum Gasteiger partial charge on any atom is 0.325 e. The van der Waals surface area contributed by atoms with E-state index in [-0.39, 0.29) is 24.4 Å². The Kier molecular flexibility index (Phi) is 6.54. The van der Waals surface area contributed by atoms with Crippen molar-refractivity contribution in [1.29, 1.82) is 0 Å². The first-order valence-electron chi connectivity index (χ1n) is 10.4. The molecule has 1 aromatic heterocycles. The van der Waals surface area contributed by atoms with Gasteiger partial charge in [-0.1, -0.05) is 38.8 Å². The second-order valence-electron chi connectivity index (χ2n) is 7.75. The lowest BCUT2D eigenvalue weighted by Gasteiger charge is -2.25. The van der Waals surface area contributed by atoms with Gasteiger partial charge in [-0.2, -0.15) is 0 Å². The van der Waals surface area contributed by atoms with Crippen molar-refractivity contribution in [3.8, 4) is 5.69 Å². The zero-order valence-corrected chi connectivity index (χ0v) is 17.7. The Balaban J connectivity index is 1.62. The van der Waals surface area contributed by atoms with Gasteiger partial charge in [-0.05, 0) is 37.5 Å². The summed E-state index contributed by atoms with van der Waals surface area (Å²) in [6.45, 7) is 5.55. The number of aromatic nitrogens is 2. The molecular weight excluding hydrogens is 382 g/mol. The Labute approximate surface area is 176 Å². The van der Waals surface area contributed by atoms with Gasteiger partial charge in [0, 0.05) is 18.1 Å². The highest BCUT2D eigenvalue weighted by atomic mass is 16.2. The van der Waals surface area contributed by atoms with Crippen LogP contribution in [0.2, 0.25) is 0 Å². The highest BCUT2D eigenvalue weighted by Gasteiger charge is 2.50. The second kappa shape index (κ2) is 9.11. The molecule has 3 rings (SSSR count). The molecule has 4 amide bonds. The van der Waals surface area contributed by atoms with Crippen LogP contribution in [0.4, 0.5) is 4.79 Å². The first-order chi connectivity index (χ1) is 14.4. The minimum Gasteiger partial charge on any atom is -0.348 e. The topological polar surface area (TPSA) is 96.3 Å². The fourth-order valence-corrected chi connectivity index (χ4v) is 4.00. The summed E-state index contributed by atoms with van der Waals surface area (Å²) >= 11 is 0. The average Bonchev–Trinajstić information content (AvgIpc) is 3.33. The largest absolute Gasteiger partial charge is 0.348 e. The van der Waals surface area contributed by atoms with E-state index in [1.807, 2.05) is 55.8 Å². The normalized spacial score (nSPS) is 16.4. The van der Waals surface area contributed by atoms with Crippen LogP contribution in [-0.4, -0.2) is 44.4 Å². The first-order valence-corrected chi connectivity index (χ1v) is 10.4. The quantitative estimate of drug-likeness (QED) is 0.620. The van der Waals surface area contributed by atoms with Crippen molar-refractivity contribution in [2.75, 3.05) is 6.54 Å². The van der Waals surface area contributed by atoms with E-state index < -0.39 is 11.6 Å². The van der Waals surface area contributed by atoms with Crippen LogP contribution in [0.3, 0.4) is 0 Å². The number of urea groups is 1. The van der Waals surface area contributed by atoms with Crippen molar-refractivity contribution in [3.63, 3.8) is 0 Å². The maximum atomic E-state index is 12.9. The Hall–Kier alpha value is -3.16. The molecule has 1 aliphatic heterocycles. The molecule has 160 valence electrons. The number of amides is 4. The minimum atomic E-state index is -0.879. The van der Waals surface area contributed by atoms with E-state index in [9.17, 15) is 14.4 Å². The smallest absolute Gasteiger partial charge is 0.325 e. The molecule has 0 spiro atoms. The van der Waals surface area contributed by atoms with Crippen LogP contribution in [0.25, 0.3) is 5.69 Å². The van der Waals surface area contributed by atoms with E-state index in [0.717, 1.165) is 29.0 Å². The van der Waals surface area contributed by atoms with Crippen LogP contribution >= 0.6 is 0 Å². The third-order valence-corrected chi connectivity index (χ3v) is 5.47. The SMILES string of the molecule is CCCC1(CCC)NC(=O)N(CC(=O)NC(C)c2ccc(-n3ccnc3)cc2)C1=O.